The summed E-state index contributed by atoms with van der Waals surface area (Å²) in [4.78, 5) is 13.1. The van der Waals surface area contributed by atoms with E-state index in [0.29, 0.717) is 5.69 Å². The standard InChI is InChI=1S/C11H11ClFNO4S/c12-9-4-8(1-2-10(9)15)14-5-7(3-11(14)16)6-19(13,17)18/h1-2,4,7,15H,3,5-6H2. The number of carbonyl (C=O) groups excluding carboxylic acids is 1. The van der Waals surface area contributed by atoms with Gasteiger partial charge in [-0.1, -0.05) is 11.6 Å². The first-order chi connectivity index (χ1) is 8.76. The molecule has 1 unspecified atom stereocenters. The Morgan fingerprint density at radius 2 is 2.16 bits per heavy atom. The van der Waals surface area contributed by atoms with Crippen molar-refractivity contribution in [3.05, 3.63) is 23.2 Å². The molecule has 1 amide bonds. The molecule has 1 saturated heterocycles. The predicted octanol–water partition coefficient (Wildman–Crippen LogP) is 1.70. The van der Waals surface area contributed by atoms with Crippen molar-refractivity contribution in [1.29, 1.82) is 0 Å². The lowest BCUT2D eigenvalue weighted by Crippen LogP contribution is -2.25. The first kappa shape index (κ1) is 14.1. The van der Waals surface area contributed by atoms with Crippen molar-refractivity contribution in [3.8, 4) is 5.75 Å². The Morgan fingerprint density at radius 3 is 2.74 bits per heavy atom. The van der Waals surface area contributed by atoms with Crippen LogP contribution < -0.4 is 4.90 Å². The largest absolute Gasteiger partial charge is 0.506 e. The molecule has 0 spiro atoms. The number of amides is 1. The normalized spacial score (nSPS) is 20.0. The molecule has 1 aromatic rings. The lowest BCUT2D eigenvalue weighted by atomic mass is 10.1. The van der Waals surface area contributed by atoms with Gasteiger partial charge in [-0.2, -0.15) is 8.42 Å². The summed E-state index contributed by atoms with van der Waals surface area (Å²) in [5.41, 5.74) is 0.451. The topological polar surface area (TPSA) is 74.7 Å². The monoisotopic (exact) mass is 307 g/mol. The fraction of sp³-hybridized carbons (Fsp3) is 0.364. The van der Waals surface area contributed by atoms with Crippen LogP contribution in [0.3, 0.4) is 0 Å². The van der Waals surface area contributed by atoms with Gasteiger partial charge in [0.2, 0.25) is 5.91 Å². The SMILES string of the molecule is O=C1CC(CS(=O)(=O)F)CN1c1ccc(O)c(Cl)c1. The molecule has 8 heteroatoms. The van der Waals surface area contributed by atoms with Crippen molar-refractivity contribution in [2.45, 2.75) is 6.42 Å². The second-order valence-corrected chi connectivity index (χ2v) is 6.23. The number of phenolic OH excluding ortho intramolecular Hbond substituents is 1. The lowest BCUT2D eigenvalue weighted by Gasteiger charge is -2.17. The van der Waals surface area contributed by atoms with Gasteiger partial charge in [-0.3, -0.25) is 4.79 Å². The maximum Gasteiger partial charge on any atom is 0.302 e. The molecule has 19 heavy (non-hydrogen) atoms. The molecule has 104 valence electrons. The van der Waals surface area contributed by atoms with Crippen molar-refractivity contribution >= 4 is 33.4 Å². The number of carbonyl (C=O) groups is 1. The Labute approximate surface area is 114 Å². The number of hydrogen-bond donors (Lipinski definition) is 1. The second-order valence-electron chi connectivity index (χ2n) is 4.42. The highest BCUT2D eigenvalue weighted by Crippen LogP contribution is 2.32. The summed E-state index contributed by atoms with van der Waals surface area (Å²) in [5, 5.41) is 9.38. The molecule has 1 aliphatic heterocycles. The van der Waals surface area contributed by atoms with E-state index in [9.17, 15) is 22.2 Å². The third-order valence-electron chi connectivity index (χ3n) is 2.88. The molecule has 0 aromatic heterocycles. The van der Waals surface area contributed by atoms with E-state index in [2.05, 4.69) is 0 Å². The molecule has 1 N–H and O–H groups in total. The van der Waals surface area contributed by atoms with Gasteiger partial charge in [0.25, 0.3) is 0 Å². The van der Waals surface area contributed by atoms with Crippen molar-refractivity contribution < 1.29 is 22.2 Å². The van der Waals surface area contributed by atoms with Gasteiger partial charge >= 0.3 is 10.2 Å². The van der Waals surface area contributed by atoms with E-state index >= 15 is 0 Å². The molecule has 2 rings (SSSR count). The summed E-state index contributed by atoms with van der Waals surface area (Å²) in [7, 11) is -4.60. The Hall–Kier alpha value is -1.34. The second kappa shape index (κ2) is 4.97. The van der Waals surface area contributed by atoms with Crippen LogP contribution in [-0.4, -0.2) is 31.7 Å². The van der Waals surface area contributed by atoms with Crippen LogP contribution in [-0.2, 0) is 15.0 Å². The minimum Gasteiger partial charge on any atom is -0.506 e. The van der Waals surface area contributed by atoms with E-state index in [1.165, 1.54) is 23.1 Å². The first-order valence-electron chi connectivity index (χ1n) is 5.47. The average molecular weight is 308 g/mol. The minimum absolute atomic E-state index is 0.0261. The zero-order chi connectivity index (χ0) is 14.2. The van der Waals surface area contributed by atoms with Crippen molar-refractivity contribution in [3.63, 3.8) is 0 Å². The van der Waals surface area contributed by atoms with Crippen LogP contribution in [0.5, 0.6) is 5.75 Å². The molecule has 5 nitrogen and oxygen atoms in total. The zero-order valence-corrected chi connectivity index (χ0v) is 11.3. The Balaban J connectivity index is 2.18. The van der Waals surface area contributed by atoms with Crippen LogP contribution in [0.2, 0.25) is 5.02 Å². The predicted molar refractivity (Wildman–Crippen MR) is 68.5 cm³/mol. The van der Waals surface area contributed by atoms with E-state index in [0.717, 1.165) is 0 Å². The van der Waals surface area contributed by atoms with E-state index in [-0.39, 0.29) is 29.6 Å². The molecule has 1 fully saturated rings. The van der Waals surface area contributed by atoms with Crippen LogP contribution >= 0.6 is 11.6 Å². The molecular formula is C11H11ClFNO4S. The van der Waals surface area contributed by atoms with Crippen molar-refractivity contribution in [2.75, 3.05) is 17.2 Å². The summed E-state index contributed by atoms with van der Waals surface area (Å²) in [6, 6.07) is 4.23. The third-order valence-corrected chi connectivity index (χ3v) is 4.06. The minimum atomic E-state index is -4.60. The highest BCUT2D eigenvalue weighted by molar-refractivity contribution is 7.86. The number of rotatable bonds is 3. The van der Waals surface area contributed by atoms with Gasteiger partial charge in [0.1, 0.15) is 5.75 Å². The number of anilines is 1. The molecule has 1 atom stereocenters. The zero-order valence-electron chi connectivity index (χ0n) is 9.71. The van der Waals surface area contributed by atoms with Gasteiger partial charge in [-0.25, -0.2) is 0 Å². The Kier molecular flexibility index (Phi) is 3.69. The van der Waals surface area contributed by atoms with Gasteiger partial charge in [0.15, 0.2) is 0 Å². The van der Waals surface area contributed by atoms with Gasteiger partial charge in [0, 0.05) is 24.6 Å². The van der Waals surface area contributed by atoms with E-state index in [1.807, 2.05) is 0 Å². The van der Waals surface area contributed by atoms with Crippen molar-refractivity contribution in [2.24, 2.45) is 5.92 Å². The summed E-state index contributed by atoms with van der Waals surface area (Å²) >= 11 is 5.74. The van der Waals surface area contributed by atoms with Gasteiger partial charge in [0.05, 0.1) is 10.8 Å². The molecule has 1 aromatic carbocycles. The number of benzene rings is 1. The maximum absolute atomic E-state index is 12.6. The van der Waals surface area contributed by atoms with Crippen LogP contribution in [0.4, 0.5) is 9.57 Å². The summed E-state index contributed by atoms with van der Waals surface area (Å²) in [6.45, 7) is 0.114. The fourth-order valence-corrected chi connectivity index (χ4v) is 3.05. The molecule has 0 aliphatic carbocycles. The van der Waals surface area contributed by atoms with Gasteiger partial charge < -0.3 is 10.0 Å². The summed E-state index contributed by atoms with van der Waals surface area (Å²) in [6.07, 6.45) is -0.0261. The van der Waals surface area contributed by atoms with Crippen LogP contribution in [0, 0.1) is 5.92 Å². The van der Waals surface area contributed by atoms with Crippen LogP contribution in [0.1, 0.15) is 6.42 Å². The van der Waals surface area contributed by atoms with Gasteiger partial charge in [-0.05, 0) is 18.2 Å². The highest BCUT2D eigenvalue weighted by Gasteiger charge is 2.33. The van der Waals surface area contributed by atoms with Crippen LogP contribution in [0.25, 0.3) is 0 Å². The van der Waals surface area contributed by atoms with E-state index in [1.54, 1.807) is 0 Å². The summed E-state index contributed by atoms with van der Waals surface area (Å²) < 4.78 is 33.8. The Morgan fingerprint density at radius 1 is 1.47 bits per heavy atom. The van der Waals surface area contributed by atoms with Crippen LogP contribution in [0.15, 0.2) is 18.2 Å². The molecule has 1 heterocycles. The lowest BCUT2D eigenvalue weighted by molar-refractivity contribution is -0.117. The molecule has 0 bridgehead atoms. The molecule has 0 radical (unpaired) electrons. The molecule has 0 saturated carbocycles. The average Bonchev–Trinajstić information content (AvgIpc) is 2.61. The number of aromatic hydroxyl groups is 1. The smallest absolute Gasteiger partial charge is 0.302 e. The third kappa shape index (κ3) is 3.36. The molecule has 1 aliphatic rings. The quantitative estimate of drug-likeness (QED) is 0.862. The number of halogens is 2. The maximum atomic E-state index is 12.6. The fourth-order valence-electron chi connectivity index (χ4n) is 2.09. The number of phenols is 1. The summed E-state index contributed by atoms with van der Waals surface area (Å²) in [5.74, 6) is -1.65. The number of hydrogen-bond acceptors (Lipinski definition) is 4. The molecular weight excluding hydrogens is 297 g/mol. The number of nitrogens with zero attached hydrogens (tertiary/aromatic N) is 1. The first-order valence-corrected chi connectivity index (χ1v) is 7.40. The van der Waals surface area contributed by atoms with Gasteiger partial charge in [-0.15, -0.1) is 3.89 Å². The highest BCUT2D eigenvalue weighted by atomic mass is 35.5. The van der Waals surface area contributed by atoms with Crippen molar-refractivity contribution in [1.82, 2.24) is 0 Å². The van der Waals surface area contributed by atoms with E-state index in [4.69, 9.17) is 11.6 Å². The van der Waals surface area contributed by atoms with E-state index < -0.39 is 21.9 Å². The Bertz CT molecular complexity index is 619.